The number of benzene rings is 2. The van der Waals surface area contributed by atoms with E-state index in [1.807, 2.05) is 0 Å². The van der Waals surface area contributed by atoms with Crippen LogP contribution in [0.3, 0.4) is 0 Å². The molecule has 0 saturated heterocycles. The number of hydrogen-bond acceptors (Lipinski definition) is 6. The molecule has 0 fully saturated rings. The van der Waals surface area contributed by atoms with Crippen molar-refractivity contribution in [1.29, 1.82) is 0 Å². The smallest absolute Gasteiger partial charge is 0.329 e. The molecule has 0 heterocycles. The Morgan fingerprint density at radius 1 is 1.11 bits per heavy atom. The van der Waals surface area contributed by atoms with Crippen molar-refractivity contribution in [3.05, 3.63) is 69.8 Å². The van der Waals surface area contributed by atoms with Gasteiger partial charge in [0.2, 0.25) is 0 Å². The van der Waals surface area contributed by atoms with E-state index < -0.39 is 16.7 Å². The third-order valence-electron chi connectivity index (χ3n) is 3.36. The van der Waals surface area contributed by atoms with Crippen molar-refractivity contribution in [1.82, 2.24) is 10.7 Å². The molecule has 0 aromatic heterocycles. The van der Waals surface area contributed by atoms with Crippen LogP contribution < -0.4 is 15.5 Å². The van der Waals surface area contributed by atoms with Gasteiger partial charge in [-0.1, -0.05) is 0 Å². The van der Waals surface area contributed by atoms with Crippen molar-refractivity contribution < 1.29 is 19.2 Å². The van der Waals surface area contributed by atoms with Crippen LogP contribution in [0.5, 0.6) is 5.75 Å². The Hall–Kier alpha value is -3.75. The Bertz CT molecular complexity index is 832. The molecule has 2 aromatic carbocycles. The third kappa shape index (κ3) is 6.24. The maximum atomic E-state index is 11.4. The number of carbonyl (C=O) groups excluding carboxylic acids is 2. The van der Waals surface area contributed by atoms with E-state index in [-0.39, 0.29) is 12.3 Å². The van der Waals surface area contributed by atoms with Crippen molar-refractivity contribution in [2.24, 2.45) is 5.10 Å². The van der Waals surface area contributed by atoms with E-state index in [2.05, 4.69) is 15.8 Å². The minimum absolute atomic E-state index is 0.0293. The normalized spacial score (nSPS) is 10.4. The highest BCUT2D eigenvalue weighted by atomic mass is 16.6. The van der Waals surface area contributed by atoms with Crippen LogP contribution in [0.1, 0.15) is 18.1 Å². The average Bonchev–Trinajstić information content (AvgIpc) is 2.67. The first kappa shape index (κ1) is 19.6. The van der Waals surface area contributed by atoms with Gasteiger partial charge in [-0.15, -0.1) is 0 Å². The number of nitro groups is 1. The Balaban J connectivity index is 1.84. The monoisotopic (exact) mass is 370 g/mol. The zero-order valence-electron chi connectivity index (χ0n) is 14.5. The molecule has 0 saturated carbocycles. The number of amides is 2. The molecule has 0 radical (unpaired) electrons. The largest absolute Gasteiger partial charge is 0.489 e. The summed E-state index contributed by atoms with van der Waals surface area (Å²) in [5.41, 5.74) is 3.67. The molecule has 0 atom stereocenters. The fourth-order valence-electron chi connectivity index (χ4n) is 1.99. The number of ether oxygens (including phenoxy) is 1. The van der Waals surface area contributed by atoms with Gasteiger partial charge in [-0.2, -0.15) is 5.10 Å². The predicted octanol–water partition coefficient (Wildman–Crippen LogP) is 1.76. The number of hydrogen-bond donors (Lipinski definition) is 2. The van der Waals surface area contributed by atoms with Crippen molar-refractivity contribution in [2.75, 3.05) is 6.54 Å². The Kier molecular flexibility index (Phi) is 7.00. The van der Waals surface area contributed by atoms with Crippen LogP contribution in [0.25, 0.3) is 0 Å². The minimum Gasteiger partial charge on any atom is -0.489 e. The molecule has 9 heteroatoms. The lowest BCUT2D eigenvalue weighted by molar-refractivity contribution is -0.384. The maximum Gasteiger partial charge on any atom is 0.329 e. The number of nitro benzene ring substituents is 1. The lowest BCUT2D eigenvalue weighted by Gasteiger charge is -2.06. The Morgan fingerprint density at radius 3 is 2.37 bits per heavy atom. The van der Waals surface area contributed by atoms with Crippen LogP contribution in [0.2, 0.25) is 0 Å². The number of hydrazone groups is 1. The van der Waals surface area contributed by atoms with Gasteiger partial charge in [-0.25, -0.2) is 5.43 Å². The molecular weight excluding hydrogens is 352 g/mol. The topological polar surface area (TPSA) is 123 Å². The number of nitrogens with zero attached hydrogens (tertiary/aromatic N) is 2. The minimum atomic E-state index is -0.837. The highest BCUT2D eigenvalue weighted by Gasteiger charge is 2.10. The van der Waals surface area contributed by atoms with Gasteiger partial charge in [0.15, 0.2) is 0 Å². The van der Waals surface area contributed by atoms with Crippen LogP contribution in [-0.2, 0) is 16.2 Å². The summed E-state index contributed by atoms with van der Waals surface area (Å²) in [7, 11) is 0. The van der Waals surface area contributed by atoms with Crippen molar-refractivity contribution in [2.45, 2.75) is 13.5 Å². The molecular formula is C18H18N4O5. The maximum absolute atomic E-state index is 11.4. The first-order chi connectivity index (χ1) is 13.0. The second kappa shape index (κ2) is 9.66. The van der Waals surface area contributed by atoms with E-state index in [9.17, 15) is 19.7 Å². The van der Waals surface area contributed by atoms with Crippen molar-refractivity contribution >= 4 is 23.7 Å². The molecule has 2 aromatic rings. The van der Waals surface area contributed by atoms with Gasteiger partial charge in [-0.3, -0.25) is 19.7 Å². The van der Waals surface area contributed by atoms with E-state index in [4.69, 9.17) is 4.74 Å². The summed E-state index contributed by atoms with van der Waals surface area (Å²) in [6.45, 7) is 2.34. The molecule has 0 bridgehead atoms. The van der Waals surface area contributed by atoms with Gasteiger partial charge < -0.3 is 10.1 Å². The zero-order valence-corrected chi connectivity index (χ0v) is 14.5. The standard InChI is InChI=1S/C18H18N4O5/c1-2-19-17(23)18(24)21-20-11-13-5-9-16(10-6-13)27-12-14-3-7-15(8-4-14)22(25)26/h3-11H,2,12H2,1H3,(H,19,23)(H,21,24)/b20-11-. The Labute approximate surface area is 155 Å². The van der Waals surface area contributed by atoms with E-state index in [0.29, 0.717) is 17.9 Å². The summed E-state index contributed by atoms with van der Waals surface area (Å²) in [6, 6.07) is 13.0. The summed E-state index contributed by atoms with van der Waals surface area (Å²) in [4.78, 5) is 32.7. The molecule has 0 spiro atoms. The second-order valence-electron chi connectivity index (χ2n) is 5.34. The first-order valence-corrected chi connectivity index (χ1v) is 8.07. The van der Waals surface area contributed by atoms with Crippen molar-refractivity contribution in [3.8, 4) is 5.75 Å². The van der Waals surface area contributed by atoms with Crippen molar-refractivity contribution in [3.63, 3.8) is 0 Å². The predicted molar refractivity (Wildman–Crippen MR) is 98.3 cm³/mol. The Morgan fingerprint density at radius 2 is 1.78 bits per heavy atom. The number of likely N-dealkylation sites (N-methyl/N-ethyl adjacent to an activating group) is 1. The van der Waals surface area contributed by atoms with Crippen LogP contribution in [0, 0.1) is 10.1 Å². The second-order valence-corrected chi connectivity index (χ2v) is 5.34. The molecule has 27 heavy (non-hydrogen) atoms. The summed E-state index contributed by atoms with van der Waals surface area (Å²) in [6.07, 6.45) is 1.40. The van der Waals surface area contributed by atoms with Gasteiger partial charge in [0.1, 0.15) is 12.4 Å². The van der Waals surface area contributed by atoms with E-state index in [1.54, 1.807) is 43.3 Å². The fourth-order valence-corrected chi connectivity index (χ4v) is 1.99. The molecule has 2 amide bonds. The van der Waals surface area contributed by atoms with Gasteiger partial charge in [0, 0.05) is 18.7 Å². The SMILES string of the molecule is CCNC(=O)C(=O)N/N=C\c1ccc(OCc2ccc([N+](=O)[O-])cc2)cc1. The van der Waals surface area contributed by atoms with Gasteiger partial charge in [0.05, 0.1) is 11.1 Å². The molecule has 0 aliphatic rings. The van der Waals surface area contributed by atoms with E-state index in [0.717, 1.165) is 5.56 Å². The van der Waals surface area contributed by atoms with Gasteiger partial charge in [0.25, 0.3) is 5.69 Å². The molecule has 9 nitrogen and oxygen atoms in total. The number of carbonyl (C=O) groups is 2. The quantitative estimate of drug-likeness (QED) is 0.333. The lowest BCUT2D eigenvalue weighted by atomic mass is 10.2. The van der Waals surface area contributed by atoms with Crippen LogP contribution in [-0.4, -0.2) is 29.5 Å². The summed E-state index contributed by atoms with van der Waals surface area (Å²) < 4.78 is 5.61. The highest BCUT2D eigenvalue weighted by Crippen LogP contribution is 2.16. The van der Waals surface area contributed by atoms with E-state index >= 15 is 0 Å². The zero-order chi connectivity index (χ0) is 19.6. The molecule has 2 N–H and O–H groups in total. The van der Waals surface area contributed by atoms with Crippen LogP contribution in [0.4, 0.5) is 5.69 Å². The molecule has 2 rings (SSSR count). The summed E-state index contributed by atoms with van der Waals surface area (Å²) in [5.74, 6) is -0.974. The average molecular weight is 370 g/mol. The highest BCUT2D eigenvalue weighted by molar-refractivity contribution is 6.35. The third-order valence-corrected chi connectivity index (χ3v) is 3.36. The number of rotatable bonds is 7. The van der Waals surface area contributed by atoms with Crippen LogP contribution in [0.15, 0.2) is 53.6 Å². The lowest BCUT2D eigenvalue weighted by Crippen LogP contribution is -2.37. The summed E-state index contributed by atoms with van der Waals surface area (Å²) >= 11 is 0. The number of nitrogens with one attached hydrogen (secondary N) is 2. The van der Waals surface area contributed by atoms with E-state index in [1.165, 1.54) is 18.3 Å². The van der Waals surface area contributed by atoms with Gasteiger partial charge in [-0.05, 0) is 54.4 Å². The fraction of sp³-hybridized carbons (Fsp3) is 0.167. The summed E-state index contributed by atoms with van der Waals surface area (Å²) in [5, 5.41) is 16.7. The molecule has 140 valence electrons. The molecule has 0 aliphatic carbocycles. The molecule has 0 aliphatic heterocycles. The van der Waals surface area contributed by atoms with Gasteiger partial charge >= 0.3 is 11.8 Å². The molecule has 0 unspecified atom stereocenters. The van der Waals surface area contributed by atoms with Crippen LogP contribution >= 0.6 is 0 Å². The first-order valence-electron chi connectivity index (χ1n) is 8.07. The number of non-ortho nitro benzene ring substituents is 1.